The van der Waals surface area contributed by atoms with Crippen molar-refractivity contribution in [3.63, 3.8) is 0 Å². The first kappa shape index (κ1) is 32.2. The molecule has 0 aliphatic carbocycles. The van der Waals surface area contributed by atoms with Gasteiger partial charge in [-0.25, -0.2) is 0 Å². The quantitative estimate of drug-likeness (QED) is 0.0762. The number of hydrogen-bond donors (Lipinski definition) is 0. The van der Waals surface area contributed by atoms with Crippen LogP contribution in [0.5, 0.6) is 0 Å². The fraction of sp³-hybridized carbons (Fsp3) is 1.00. The van der Waals surface area contributed by atoms with Crippen molar-refractivity contribution in [2.75, 3.05) is 12.3 Å². The van der Waals surface area contributed by atoms with E-state index in [2.05, 4.69) is 13.8 Å². The van der Waals surface area contributed by atoms with E-state index in [1.807, 2.05) is 0 Å². The summed E-state index contributed by atoms with van der Waals surface area (Å²) in [6, 6.07) is 0. The number of hydrogen-bond acceptors (Lipinski definition) is 2. The molecule has 0 bridgehead atoms. The zero-order valence-corrected chi connectivity index (χ0v) is 24.3. The first-order chi connectivity index (χ1) is 13.1. The van der Waals surface area contributed by atoms with Gasteiger partial charge in [-0.3, -0.25) is 0 Å². The van der Waals surface area contributed by atoms with Crippen LogP contribution in [-0.4, -0.2) is 12.3 Å². The topological polar surface area (TPSA) is 0 Å². The van der Waals surface area contributed by atoms with Gasteiger partial charge < -0.3 is 12.2 Å². The summed E-state index contributed by atoms with van der Waals surface area (Å²) in [6.07, 6.45) is 30.4. The van der Waals surface area contributed by atoms with Crippen LogP contribution >= 0.6 is 5.24 Å². The van der Waals surface area contributed by atoms with Gasteiger partial charge in [-0.2, -0.15) is 5.24 Å². The molecule has 0 spiro atoms. The summed E-state index contributed by atoms with van der Waals surface area (Å²) in [4.78, 5) is 0. The summed E-state index contributed by atoms with van der Waals surface area (Å²) in [5, 5.41) is -1.42. The molecule has 0 rings (SSSR count). The van der Waals surface area contributed by atoms with Crippen molar-refractivity contribution in [3.8, 4) is 0 Å². The fourth-order valence-corrected chi connectivity index (χ4v) is 6.98. The van der Waals surface area contributed by atoms with Gasteiger partial charge in [-0.05, 0) is 12.3 Å². The molecule has 0 fully saturated rings. The molecule has 4 heteroatoms. The van der Waals surface area contributed by atoms with Crippen molar-refractivity contribution in [2.24, 2.45) is 0 Å². The molecule has 0 unspecified atom stereocenters. The van der Waals surface area contributed by atoms with Crippen molar-refractivity contribution < 1.29 is 29.6 Å². The molecule has 0 nitrogen and oxygen atoms in total. The summed E-state index contributed by atoms with van der Waals surface area (Å²) < 4.78 is 0. The van der Waals surface area contributed by atoms with E-state index >= 15 is 0 Å². The molecule has 164 valence electrons. The molecule has 0 heterocycles. The fourth-order valence-electron chi connectivity index (χ4n) is 3.79. The summed E-state index contributed by atoms with van der Waals surface area (Å²) in [5.41, 5.74) is 0. The average molecular weight is 457 g/mol. The van der Waals surface area contributed by atoms with Crippen molar-refractivity contribution in [3.05, 3.63) is 0 Å². The second-order valence-corrected chi connectivity index (χ2v) is 16.0. The van der Waals surface area contributed by atoms with Crippen LogP contribution in [-0.2, 0) is 24.1 Å². The molecule has 0 saturated heterocycles. The van der Waals surface area contributed by atoms with Gasteiger partial charge in [0.15, 0.2) is 0 Å². The number of rotatable bonds is 22. The molecule has 0 radical (unpaired) electrons. The molecule has 0 aromatic rings. The van der Waals surface area contributed by atoms with Crippen LogP contribution in [0.15, 0.2) is 0 Å². The summed E-state index contributed by atoms with van der Waals surface area (Å²) in [5.74, 6) is 0. The van der Waals surface area contributed by atoms with Crippen molar-refractivity contribution in [2.45, 2.75) is 142 Å². The van der Waals surface area contributed by atoms with E-state index in [0.717, 1.165) is 0 Å². The first-order valence-electron chi connectivity index (χ1n) is 12.4. The maximum Gasteiger partial charge on any atom is 1.00 e. The first-order valence-corrected chi connectivity index (χ1v) is 16.6. The van der Waals surface area contributed by atoms with E-state index in [1.165, 1.54) is 141 Å². The molecule has 0 N–H and O–H groups in total. The summed E-state index contributed by atoms with van der Waals surface area (Å²) in [6.45, 7) is 4.58. The summed E-state index contributed by atoms with van der Waals surface area (Å²) in [7, 11) is 0. The largest absolute Gasteiger partial charge is 1.00 e. The SMILES string of the molecule is CCCCCCCCCCCCP(=S)([S-])CCCCCCCCCCCC.[Na+]. The van der Waals surface area contributed by atoms with Gasteiger partial charge in [-0.15, -0.1) is 11.8 Å². The van der Waals surface area contributed by atoms with Crippen LogP contribution in [0.1, 0.15) is 142 Å². The van der Waals surface area contributed by atoms with Crippen LogP contribution in [0.2, 0.25) is 0 Å². The average Bonchev–Trinajstić information content (AvgIpc) is 2.64. The van der Waals surface area contributed by atoms with Gasteiger partial charge in [0.2, 0.25) is 0 Å². The monoisotopic (exact) mass is 456 g/mol. The van der Waals surface area contributed by atoms with E-state index < -0.39 is 5.24 Å². The minimum absolute atomic E-state index is 0. The Hall–Kier alpha value is 2.00. The minimum atomic E-state index is -1.42. The van der Waals surface area contributed by atoms with E-state index in [4.69, 9.17) is 24.1 Å². The zero-order valence-electron chi connectivity index (χ0n) is 19.8. The van der Waals surface area contributed by atoms with Crippen LogP contribution in [0.3, 0.4) is 0 Å². The summed E-state index contributed by atoms with van der Waals surface area (Å²) >= 11 is 11.6. The van der Waals surface area contributed by atoms with Crippen LogP contribution in [0.4, 0.5) is 0 Å². The van der Waals surface area contributed by atoms with Crippen LogP contribution in [0.25, 0.3) is 0 Å². The van der Waals surface area contributed by atoms with E-state index in [0.29, 0.717) is 0 Å². The Morgan fingerprint density at radius 3 is 0.929 bits per heavy atom. The minimum Gasteiger partial charge on any atom is -0.746 e. The third kappa shape index (κ3) is 26.0. The van der Waals surface area contributed by atoms with Gasteiger partial charge in [0.1, 0.15) is 0 Å². The Morgan fingerprint density at radius 2 is 0.679 bits per heavy atom. The standard InChI is InChI=1S/C24H51PS2.Na/c1-3-5-7-9-11-13-15-17-19-21-23-25(26,27)24-22-20-18-16-14-12-10-8-6-4-2;/h3-24H2,1-2H3,(H,26,27);/q;+1/p-1. The molecule has 0 aromatic heterocycles. The van der Waals surface area contributed by atoms with Crippen molar-refractivity contribution >= 4 is 29.3 Å². The maximum absolute atomic E-state index is 5.79. The Labute approximate surface area is 212 Å². The normalized spacial score (nSPS) is 11.5. The molecule has 0 saturated carbocycles. The van der Waals surface area contributed by atoms with Gasteiger partial charge in [0.05, 0.1) is 0 Å². The molecule has 0 aliphatic rings. The molecule has 0 amide bonds. The molecule has 0 atom stereocenters. The predicted octanol–water partition coefficient (Wildman–Crippen LogP) is 6.77. The van der Waals surface area contributed by atoms with E-state index in [1.54, 1.807) is 0 Å². The molecule has 0 aliphatic heterocycles. The Balaban J connectivity index is 0. The van der Waals surface area contributed by atoms with Crippen molar-refractivity contribution in [1.29, 1.82) is 0 Å². The van der Waals surface area contributed by atoms with Gasteiger partial charge in [0.25, 0.3) is 0 Å². The van der Waals surface area contributed by atoms with E-state index in [-0.39, 0.29) is 29.6 Å². The molecular weight excluding hydrogens is 406 g/mol. The maximum atomic E-state index is 5.79. The smallest absolute Gasteiger partial charge is 0.746 e. The second kappa shape index (κ2) is 25.3. The Morgan fingerprint density at radius 1 is 0.464 bits per heavy atom. The second-order valence-electron chi connectivity index (χ2n) is 8.63. The van der Waals surface area contributed by atoms with Crippen molar-refractivity contribution in [1.82, 2.24) is 0 Å². The van der Waals surface area contributed by atoms with Crippen LogP contribution in [0, 0.1) is 0 Å². The Bertz CT molecular complexity index is 309. The van der Waals surface area contributed by atoms with Gasteiger partial charge >= 0.3 is 29.6 Å². The predicted molar refractivity (Wildman–Crippen MR) is 135 cm³/mol. The van der Waals surface area contributed by atoms with Gasteiger partial charge in [-0.1, -0.05) is 142 Å². The third-order valence-electron chi connectivity index (χ3n) is 5.70. The molecule has 0 aromatic carbocycles. The third-order valence-corrected chi connectivity index (χ3v) is 9.89. The molecular formula is C24H50NaPS2. The van der Waals surface area contributed by atoms with E-state index in [9.17, 15) is 0 Å². The van der Waals surface area contributed by atoms with Gasteiger partial charge in [0, 0.05) is 0 Å². The molecule has 28 heavy (non-hydrogen) atoms. The Kier molecular flexibility index (Phi) is 29.0. The van der Waals surface area contributed by atoms with Crippen LogP contribution < -0.4 is 29.6 Å². The zero-order chi connectivity index (χ0) is 20.1. The number of unbranched alkanes of at least 4 members (excludes halogenated alkanes) is 18.